The van der Waals surface area contributed by atoms with Crippen LogP contribution < -0.4 is 5.32 Å². The van der Waals surface area contributed by atoms with Gasteiger partial charge >= 0.3 is 0 Å². The van der Waals surface area contributed by atoms with Crippen molar-refractivity contribution in [3.05, 3.63) is 0 Å². The van der Waals surface area contributed by atoms with Gasteiger partial charge in [-0.2, -0.15) is 0 Å². The van der Waals surface area contributed by atoms with Crippen LogP contribution >= 0.6 is 0 Å². The second-order valence-electron chi connectivity index (χ2n) is 7.97. The Morgan fingerprint density at radius 1 is 0.862 bits per heavy atom. The Kier molecular flexibility index (Phi) is 13.3. The number of rotatable bonds is 15. The SMILES string of the molecule is CCCCCCCCCCCCC(=O)CC(=O)N[C@@H]1[C@@H](O)[C@H](O)[C@@H](CO)O[C@@H]1O. The van der Waals surface area contributed by atoms with Crippen LogP contribution in [0.3, 0.4) is 0 Å². The molecule has 0 unspecified atom stereocenters. The van der Waals surface area contributed by atoms with Gasteiger partial charge in [-0.3, -0.25) is 9.59 Å². The number of unbranched alkanes of at least 4 members (excludes halogenated alkanes) is 9. The lowest BCUT2D eigenvalue weighted by molar-refractivity contribution is -0.253. The lowest BCUT2D eigenvalue weighted by Gasteiger charge is -2.40. The first-order valence-corrected chi connectivity index (χ1v) is 11.0. The van der Waals surface area contributed by atoms with Gasteiger partial charge in [-0.15, -0.1) is 0 Å². The molecule has 0 aromatic heterocycles. The van der Waals surface area contributed by atoms with E-state index in [4.69, 9.17) is 9.84 Å². The average Bonchev–Trinajstić information content (AvgIpc) is 2.69. The van der Waals surface area contributed by atoms with Crippen LogP contribution in [0.5, 0.6) is 0 Å². The van der Waals surface area contributed by atoms with Gasteiger partial charge in [0.1, 0.15) is 30.1 Å². The number of amides is 1. The fourth-order valence-electron chi connectivity index (χ4n) is 3.57. The molecule has 29 heavy (non-hydrogen) atoms. The summed E-state index contributed by atoms with van der Waals surface area (Å²) in [7, 11) is 0. The highest BCUT2D eigenvalue weighted by molar-refractivity contribution is 5.98. The lowest BCUT2D eigenvalue weighted by Crippen LogP contribution is -2.64. The Bertz CT molecular complexity index is 474. The monoisotopic (exact) mass is 417 g/mol. The zero-order valence-corrected chi connectivity index (χ0v) is 17.6. The van der Waals surface area contributed by atoms with Gasteiger partial charge in [0.05, 0.1) is 13.0 Å². The van der Waals surface area contributed by atoms with E-state index < -0.39 is 43.2 Å². The van der Waals surface area contributed by atoms with Crippen LogP contribution in [0.15, 0.2) is 0 Å². The average molecular weight is 418 g/mol. The van der Waals surface area contributed by atoms with E-state index in [2.05, 4.69) is 12.2 Å². The highest BCUT2D eigenvalue weighted by atomic mass is 16.6. The van der Waals surface area contributed by atoms with Crippen molar-refractivity contribution in [2.24, 2.45) is 0 Å². The standard InChI is InChI=1S/C21H39NO7/c1-2-3-4-5-6-7-8-9-10-11-12-15(24)13-17(25)22-18-20(27)19(26)16(14-23)29-21(18)28/h16,18-21,23,26-28H,2-14H2,1H3,(H,22,25)/t16-,18-,19-,20-,21+/m1/s1. The molecule has 1 aliphatic heterocycles. The summed E-state index contributed by atoms with van der Waals surface area (Å²) < 4.78 is 4.97. The zero-order valence-electron chi connectivity index (χ0n) is 17.6. The number of carbonyl (C=O) groups is 2. The number of ketones is 1. The van der Waals surface area contributed by atoms with Crippen LogP contribution in [0.25, 0.3) is 0 Å². The minimum absolute atomic E-state index is 0.198. The summed E-state index contributed by atoms with van der Waals surface area (Å²) in [4.78, 5) is 24.0. The molecule has 1 amide bonds. The second-order valence-corrected chi connectivity index (χ2v) is 7.97. The van der Waals surface area contributed by atoms with E-state index in [0.717, 1.165) is 19.3 Å². The van der Waals surface area contributed by atoms with Crippen molar-refractivity contribution >= 4 is 11.7 Å². The van der Waals surface area contributed by atoms with Gasteiger partial charge in [0.15, 0.2) is 6.29 Å². The highest BCUT2D eigenvalue weighted by Gasteiger charge is 2.44. The van der Waals surface area contributed by atoms with Crippen LogP contribution in [0, 0.1) is 0 Å². The van der Waals surface area contributed by atoms with Crippen molar-refractivity contribution in [1.29, 1.82) is 0 Å². The van der Waals surface area contributed by atoms with Crippen molar-refractivity contribution < 1.29 is 34.8 Å². The molecule has 8 heteroatoms. The fraction of sp³-hybridized carbons (Fsp3) is 0.905. The number of ether oxygens (including phenoxy) is 1. The Morgan fingerprint density at radius 3 is 1.97 bits per heavy atom. The summed E-state index contributed by atoms with van der Waals surface area (Å²) in [5.41, 5.74) is 0. The van der Waals surface area contributed by atoms with E-state index in [9.17, 15) is 24.9 Å². The Morgan fingerprint density at radius 2 is 1.41 bits per heavy atom. The number of nitrogens with one attached hydrogen (secondary N) is 1. The normalized spacial score (nSPS) is 27.0. The minimum Gasteiger partial charge on any atom is -0.394 e. The van der Waals surface area contributed by atoms with Crippen molar-refractivity contribution in [3.63, 3.8) is 0 Å². The van der Waals surface area contributed by atoms with Gasteiger partial charge in [0.25, 0.3) is 0 Å². The van der Waals surface area contributed by atoms with Crippen LogP contribution in [0.2, 0.25) is 0 Å². The molecular formula is C21H39NO7. The number of hydrogen-bond acceptors (Lipinski definition) is 7. The maximum atomic E-state index is 12.0. The number of hydrogen-bond donors (Lipinski definition) is 5. The molecule has 8 nitrogen and oxygen atoms in total. The summed E-state index contributed by atoms with van der Waals surface area (Å²) in [6.07, 6.45) is 5.99. The Labute approximate surface area is 173 Å². The van der Waals surface area contributed by atoms with E-state index in [-0.39, 0.29) is 12.2 Å². The molecule has 1 aliphatic rings. The largest absolute Gasteiger partial charge is 0.394 e. The third-order valence-corrected chi connectivity index (χ3v) is 5.39. The van der Waals surface area contributed by atoms with Crippen LogP contribution in [0.4, 0.5) is 0 Å². The zero-order chi connectivity index (χ0) is 21.6. The van der Waals surface area contributed by atoms with Crippen LogP contribution in [-0.2, 0) is 14.3 Å². The number of aliphatic hydroxyl groups is 4. The van der Waals surface area contributed by atoms with Gasteiger partial charge in [0.2, 0.25) is 5.91 Å². The fourth-order valence-corrected chi connectivity index (χ4v) is 3.57. The van der Waals surface area contributed by atoms with E-state index in [0.29, 0.717) is 6.42 Å². The van der Waals surface area contributed by atoms with Crippen LogP contribution in [-0.4, -0.2) is 69.4 Å². The first kappa shape index (κ1) is 26.0. The van der Waals surface area contributed by atoms with E-state index >= 15 is 0 Å². The maximum absolute atomic E-state index is 12.0. The highest BCUT2D eigenvalue weighted by Crippen LogP contribution is 2.20. The van der Waals surface area contributed by atoms with Crippen molar-refractivity contribution in [3.8, 4) is 0 Å². The summed E-state index contributed by atoms with van der Waals surface area (Å²) in [6.45, 7) is 1.63. The summed E-state index contributed by atoms with van der Waals surface area (Å²) >= 11 is 0. The molecule has 170 valence electrons. The molecule has 0 aliphatic carbocycles. The van der Waals surface area contributed by atoms with Gasteiger partial charge in [0, 0.05) is 6.42 Å². The second kappa shape index (κ2) is 14.8. The predicted octanol–water partition coefficient (Wildman–Crippen LogP) is 1.17. The van der Waals surface area contributed by atoms with E-state index in [1.165, 1.54) is 44.9 Å². The molecule has 5 N–H and O–H groups in total. The molecule has 1 fully saturated rings. The van der Waals surface area contributed by atoms with Crippen molar-refractivity contribution in [2.75, 3.05) is 6.61 Å². The van der Waals surface area contributed by atoms with E-state index in [1.54, 1.807) is 0 Å². The summed E-state index contributed by atoms with van der Waals surface area (Å²) in [5, 5.41) is 41.0. The molecule has 0 saturated carbocycles. The number of aliphatic hydroxyl groups excluding tert-OH is 4. The molecular weight excluding hydrogens is 378 g/mol. The van der Waals surface area contributed by atoms with Crippen molar-refractivity contribution in [2.45, 2.75) is 115 Å². The summed E-state index contributed by atoms with van der Waals surface area (Å²) in [6, 6.07) is -1.26. The molecule has 1 rings (SSSR count). The molecule has 1 heterocycles. The van der Waals surface area contributed by atoms with Crippen LogP contribution in [0.1, 0.15) is 84.0 Å². The molecule has 0 aromatic carbocycles. The maximum Gasteiger partial charge on any atom is 0.227 e. The number of carbonyl (C=O) groups excluding carboxylic acids is 2. The quantitative estimate of drug-likeness (QED) is 0.199. The first-order valence-electron chi connectivity index (χ1n) is 11.0. The van der Waals surface area contributed by atoms with Crippen molar-refractivity contribution in [1.82, 2.24) is 5.32 Å². The molecule has 0 bridgehead atoms. The molecule has 0 radical (unpaired) electrons. The Balaban J connectivity index is 2.14. The van der Waals surface area contributed by atoms with Gasteiger partial charge < -0.3 is 30.5 Å². The number of Topliss-reactive ketones (excluding diaryl/α,β-unsaturated/α-hetero) is 1. The molecule has 5 atom stereocenters. The smallest absolute Gasteiger partial charge is 0.227 e. The molecule has 1 saturated heterocycles. The molecule has 0 spiro atoms. The summed E-state index contributed by atoms with van der Waals surface area (Å²) in [5.74, 6) is -0.833. The minimum atomic E-state index is -1.58. The topological polar surface area (TPSA) is 136 Å². The van der Waals surface area contributed by atoms with Gasteiger partial charge in [-0.1, -0.05) is 64.7 Å². The Hall–Kier alpha value is -1.06. The lowest BCUT2D eigenvalue weighted by atomic mass is 9.97. The third kappa shape index (κ3) is 10.00. The third-order valence-electron chi connectivity index (χ3n) is 5.39. The molecule has 0 aromatic rings. The van der Waals surface area contributed by atoms with Gasteiger partial charge in [-0.05, 0) is 6.42 Å². The predicted molar refractivity (Wildman–Crippen MR) is 108 cm³/mol. The first-order chi connectivity index (χ1) is 13.9. The van der Waals surface area contributed by atoms with E-state index in [1.807, 2.05) is 0 Å². The van der Waals surface area contributed by atoms with Gasteiger partial charge in [-0.25, -0.2) is 0 Å².